The van der Waals surface area contributed by atoms with Gasteiger partial charge in [0.25, 0.3) is 0 Å². The van der Waals surface area contributed by atoms with Crippen LogP contribution < -0.4 is 0 Å². The number of benzene rings is 4. The molecule has 4 aromatic carbocycles. The Bertz CT molecular complexity index is 925. The lowest BCUT2D eigenvalue weighted by atomic mass is 9.92. The second kappa shape index (κ2) is 5.86. The van der Waals surface area contributed by atoms with Gasteiger partial charge in [0.1, 0.15) is 11.5 Å². The Labute approximate surface area is 141 Å². The van der Waals surface area contributed by atoms with Gasteiger partial charge in [-0.15, -0.1) is 0 Å². The third-order valence-corrected chi connectivity index (χ3v) is 4.06. The van der Waals surface area contributed by atoms with Crippen molar-refractivity contribution in [2.45, 2.75) is 0 Å². The minimum atomic E-state index is 0. The number of aromatic hydroxyl groups is 2. The van der Waals surface area contributed by atoms with Crippen molar-refractivity contribution >= 4 is 35.0 Å². The molecule has 0 aliphatic carbocycles. The fourth-order valence-electron chi connectivity index (χ4n) is 3.05. The zero-order valence-electron chi connectivity index (χ0n) is 12.3. The molecule has 0 saturated heterocycles. The number of hydrogen-bond acceptors (Lipinski definition) is 2. The first-order valence-electron chi connectivity index (χ1n) is 7.17. The van der Waals surface area contributed by atoms with Crippen molar-refractivity contribution in [3.63, 3.8) is 0 Å². The maximum Gasteiger partial charge on any atom is 0.124 e. The Morgan fingerprint density at radius 2 is 0.870 bits per heavy atom. The fraction of sp³-hybridized carbons (Fsp3) is 0. The lowest BCUT2D eigenvalue weighted by molar-refractivity contribution is 0.470. The molecule has 4 rings (SSSR count). The molecular formula is C20H16O2S. The van der Waals surface area contributed by atoms with Crippen LogP contribution in [0.15, 0.2) is 72.8 Å². The van der Waals surface area contributed by atoms with Crippen LogP contribution in [0.3, 0.4) is 0 Å². The van der Waals surface area contributed by atoms with Crippen LogP contribution in [0.25, 0.3) is 32.7 Å². The lowest BCUT2D eigenvalue weighted by Crippen LogP contribution is -1.86. The molecule has 0 aliphatic rings. The average Bonchev–Trinajstić information content (AvgIpc) is 2.56. The maximum atomic E-state index is 10.4. The second-order valence-corrected chi connectivity index (χ2v) is 5.36. The van der Waals surface area contributed by atoms with Gasteiger partial charge in [-0.2, -0.15) is 13.5 Å². The van der Waals surface area contributed by atoms with E-state index >= 15 is 0 Å². The van der Waals surface area contributed by atoms with E-state index in [1.54, 1.807) is 12.1 Å². The molecule has 0 aliphatic heterocycles. The van der Waals surface area contributed by atoms with Crippen molar-refractivity contribution in [3.05, 3.63) is 72.8 Å². The molecule has 2 N–H and O–H groups in total. The summed E-state index contributed by atoms with van der Waals surface area (Å²) < 4.78 is 0. The molecule has 0 spiro atoms. The first-order chi connectivity index (χ1) is 10.8. The molecule has 0 unspecified atom stereocenters. The number of phenols is 2. The van der Waals surface area contributed by atoms with E-state index in [0.717, 1.165) is 21.5 Å². The number of rotatable bonds is 1. The zero-order chi connectivity index (χ0) is 15.1. The highest BCUT2D eigenvalue weighted by Gasteiger charge is 2.16. The van der Waals surface area contributed by atoms with Crippen LogP contribution in [0.4, 0.5) is 0 Å². The predicted octanol–water partition coefficient (Wildman–Crippen LogP) is 5.18. The lowest BCUT2D eigenvalue weighted by Gasteiger charge is -2.14. The van der Waals surface area contributed by atoms with Gasteiger partial charge in [0, 0.05) is 11.1 Å². The molecule has 4 aromatic rings. The summed E-state index contributed by atoms with van der Waals surface area (Å²) in [5.74, 6) is 0.343. The molecule has 0 aromatic heterocycles. The maximum absolute atomic E-state index is 10.4. The van der Waals surface area contributed by atoms with Gasteiger partial charge in [-0.05, 0) is 33.7 Å². The summed E-state index contributed by atoms with van der Waals surface area (Å²) >= 11 is 0. The summed E-state index contributed by atoms with van der Waals surface area (Å²) in [5, 5.41) is 24.8. The minimum absolute atomic E-state index is 0. The van der Waals surface area contributed by atoms with E-state index in [1.807, 2.05) is 60.7 Å². The molecule has 0 radical (unpaired) electrons. The van der Waals surface area contributed by atoms with E-state index in [4.69, 9.17) is 0 Å². The van der Waals surface area contributed by atoms with Crippen LogP contribution in [0.2, 0.25) is 0 Å². The van der Waals surface area contributed by atoms with E-state index in [-0.39, 0.29) is 25.0 Å². The molecule has 0 saturated carbocycles. The highest BCUT2D eigenvalue weighted by Crippen LogP contribution is 2.44. The van der Waals surface area contributed by atoms with Crippen LogP contribution >= 0.6 is 13.5 Å². The molecule has 0 fully saturated rings. The second-order valence-electron chi connectivity index (χ2n) is 5.36. The van der Waals surface area contributed by atoms with Gasteiger partial charge in [0.15, 0.2) is 0 Å². The minimum Gasteiger partial charge on any atom is -0.507 e. The standard InChI is InChI=1S/C20H14O2.H2S/c21-17-11-9-13-5-1-3-7-15(13)19(17)20-16-8-4-2-6-14(16)10-12-18(20)22;/h1-12,21-22H;1H2. The first-order valence-corrected chi connectivity index (χ1v) is 7.17. The highest BCUT2D eigenvalue weighted by atomic mass is 32.1. The van der Waals surface area contributed by atoms with Crippen molar-refractivity contribution in [2.24, 2.45) is 0 Å². The summed E-state index contributed by atoms with van der Waals surface area (Å²) in [4.78, 5) is 0. The van der Waals surface area contributed by atoms with Gasteiger partial charge in [0.05, 0.1) is 0 Å². The van der Waals surface area contributed by atoms with Gasteiger partial charge >= 0.3 is 0 Å². The molecule has 0 heterocycles. The number of hydrogen-bond donors (Lipinski definition) is 2. The van der Waals surface area contributed by atoms with Gasteiger partial charge in [0.2, 0.25) is 0 Å². The molecule has 0 amide bonds. The number of phenolic OH excluding ortho intramolecular Hbond substituents is 2. The van der Waals surface area contributed by atoms with E-state index in [1.165, 1.54) is 0 Å². The van der Waals surface area contributed by atoms with Gasteiger partial charge < -0.3 is 10.2 Å². The summed E-state index contributed by atoms with van der Waals surface area (Å²) in [6.45, 7) is 0. The van der Waals surface area contributed by atoms with E-state index in [2.05, 4.69) is 0 Å². The Hall–Kier alpha value is -2.65. The monoisotopic (exact) mass is 320 g/mol. The van der Waals surface area contributed by atoms with E-state index in [9.17, 15) is 10.2 Å². The van der Waals surface area contributed by atoms with Crippen molar-refractivity contribution in [3.8, 4) is 22.6 Å². The average molecular weight is 320 g/mol. The van der Waals surface area contributed by atoms with E-state index in [0.29, 0.717) is 11.1 Å². The van der Waals surface area contributed by atoms with Crippen molar-refractivity contribution in [1.29, 1.82) is 0 Å². The fourth-order valence-corrected chi connectivity index (χ4v) is 3.05. The summed E-state index contributed by atoms with van der Waals surface area (Å²) in [5.41, 5.74) is 1.35. The quantitative estimate of drug-likeness (QED) is 0.507. The molecular weight excluding hydrogens is 304 g/mol. The smallest absolute Gasteiger partial charge is 0.124 e. The topological polar surface area (TPSA) is 40.5 Å². The molecule has 0 bridgehead atoms. The highest BCUT2D eigenvalue weighted by molar-refractivity contribution is 7.59. The SMILES string of the molecule is Oc1ccc2ccccc2c1-c1c(O)ccc2ccccc12.S. The largest absolute Gasteiger partial charge is 0.507 e. The van der Waals surface area contributed by atoms with Crippen molar-refractivity contribution in [2.75, 3.05) is 0 Å². The van der Waals surface area contributed by atoms with Crippen molar-refractivity contribution < 1.29 is 10.2 Å². The third-order valence-electron chi connectivity index (χ3n) is 4.06. The van der Waals surface area contributed by atoms with Crippen LogP contribution in [0.5, 0.6) is 11.5 Å². The Balaban J connectivity index is 0.00000156. The van der Waals surface area contributed by atoms with E-state index < -0.39 is 0 Å². The summed E-state index contributed by atoms with van der Waals surface area (Å²) in [6, 6.07) is 22.9. The molecule has 0 atom stereocenters. The van der Waals surface area contributed by atoms with Gasteiger partial charge in [-0.25, -0.2) is 0 Å². The van der Waals surface area contributed by atoms with Crippen molar-refractivity contribution in [1.82, 2.24) is 0 Å². The van der Waals surface area contributed by atoms with Crippen LogP contribution in [0, 0.1) is 0 Å². The Morgan fingerprint density at radius 3 is 1.30 bits per heavy atom. The predicted molar refractivity (Wildman–Crippen MR) is 101 cm³/mol. The zero-order valence-corrected chi connectivity index (χ0v) is 13.3. The Kier molecular flexibility index (Phi) is 3.89. The summed E-state index contributed by atoms with van der Waals surface area (Å²) in [6.07, 6.45) is 0. The van der Waals surface area contributed by atoms with Crippen LogP contribution in [-0.2, 0) is 0 Å². The molecule has 114 valence electrons. The molecule has 23 heavy (non-hydrogen) atoms. The normalized spacial score (nSPS) is 10.6. The number of fused-ring (bicyclic) bond motifs is 2. The van der Waals surface area contributed by atoms with Crippen LogP contribution in [-0.4, -0.2) is 10.2 Å². The molecule has 3 heteroatoms. The third kappa shape index (κ3) is 2.39. The van der Waals surface area contributed by atoms with Gasteiger partial charge in [-0.1, -0.05) is 60.7 Å². The van der Waals surface area contributed by atoms with Crippen LogP contribution in [0.1, 0.15) is 0 Å². The molecule has 2 nitrogen and oxygen atoms in total. The van der Waals surface area contributed by atoms with Gasteiger partial charge in [-0.3, -0.25) is 0 Å². The summed E-state index contributed by atoms with van der Waals surface area (Å²) in [7, 11) is 0. The Morgan fingerprint density at radius 1 is 0.478 bits per heavy atom. The first kappa shape index (κ1) is 15.3.